The molecule has 0 unspecified atom stereocenters. The molecular weight excluding hydrogens is 297 g/mol. The van der Waals surface area contributed by atoms with Crippen LogP contribution in [0.25, 0.3) is 0 Å². The Labute approximate surface area is 94.2 Å². The zero-order valence-corrected chi connectivity index (χ0v) is 9.40. The Kier molecular flexibility index (Phi) is 3.30. The Balaban J connectivity index is 3.50. The predicted octanol–water partition coefficient (Wildman–Crippen LogP) is 1.87. The fraction of sp³-hybridized carbons (Fsp3) is 0.111. The first-order chi connectivity index (χ1) is 6.60. The van der Waals surface area contributed by atoms with E-state index in [1.165, 1.54) is 13.2 Å². The lowest BCUT2D eigenvalue weighted by molar-refractivity contribution is 0.0693. The number of carbonyl (C=O) groups is 1. The molecule has 1 aromatic rings. The summed E-state index contributed by atoms with van der Waals surface area (Å²) >= 11 is 1.99. The van der Waals surface area contributed by atoms with Crippen molar-refractivity contribution in [3.05, 3.63) is 26.8 Å². The number of aromatic carboxylic acids is 1. The van der Waals surface area contributed by atoms with Crippen molar-refractivity contribution in [2.24, 2.45) is 0 Å². The molecule has 0 amide bonds. The first kappa shape index (κ1) is 10.8. The summed E-state index contributed by atoms with van der Waals surface area (Å²) < 4.78 is 5.66. The molecule has 1 rings (SSSR count). The zero-order chi connectivity index (χ0) is 10.7. The van der Waals surface area contributed by atoms with Gasteiger partial charge in [0.25, 0.3) is 0 Å². The van der Waals surface area contributed by atoms with Gasteiger partial charge in [-0.25, -0.2) is 4.79 Å². The second-order valence-corrected chi connectivity index (χ2v) is 3.69. The molecule has 0 aliphatic carbocycles. The van der Waals surface area contributed by atoms with E-state index in [0.29, 0.717) is 0 Å². The van der Waals surface area contributed by atoms with E-state index >= 15 is 0 Å². The molecule has 14 heavy (non-hydrogen) atoms. The van der Waals surface area contributed by atoms with E-state index in [1.54, 1.807) is 6.07 Å². The maximum absolute atomic E-state index is 10.8. The highest BCUT2D eigenvalue weighted by atomic mass is 127. The molecule has 0 saturated heterocycles. The van der Waals surface area contributed by atoms with E-state index in [2.05, 4.69) is 0 Å². The number of hydrogen-bond donors (Lipinski definition) is 1. The van der Waals surface area contributed by atoms with Gasteiger partial charge in [-0.1, -0.05) is 0 Å². The highest BCUT2D eigenvalue weighted by Crippen LogP contribution is 2.25. The molecule has 0 spiro atoms. The van der Waals surface area contributed by atoms with Gasteiger partial charge in [0.1, 0.15) is 17.4 Å². The second-order valence-electron chi connectivity index (χ2n) is 2.45. The van der Waals surface area contributed by atoms with Gasteiger partial charge in [0.2, 0.25) is 0 Å². The highest BCUT2D eigenvalue weighted by molar-refractivity contribution is 14.1. The van der Waals surface area contributed by atoms with Gasteiger partial charge in [0, 0.05) is 3.57 Å². The summed E-state index contributed by atoms with van der Waals surface area (Å²) in [5, 5.41) is 17.6. The quantitative estimate of drug-likeness (QED) is 0.847. The molecule has 0 aliphatic heterocycles. The van der Waals surface area contributed by atoms with Crippen molar-refractivity contribution >= 4 is 28.6 Å². The van der Waals surface area contributed by atoms with Gasteiger partial charge in [0.05, 0.1) is 12.7 Å². The molecule has 72 valence electrons. The number of nitriles is 1. The van der Waals surface area contributed by atoms with Crippen LogP contribution in [0, 0.1) is 14.9 Å². The number of halogens is 1. The molecule has 5 heteroatoms. The van der Waals surface area contributed by atoms with Crippen molar-refractivity contribution in [1.29, 1.82) is 5.26 Å². The SMILES string of the molecule is COc1cc(I)cc(C#N)c1C(=O)O. The lowest BCUT2D eigenvalue weighted by atomic mass is 10.1. The third kappa shape index (κ3) is 1.96. The Morgan fingerprint density at radius 3 is 2.71 bits per heavy atom. The van der Waals surface area contributed by atoms with Gasteiger partial charge in [-0.15, -0.1) is 0 Å². The van der Waals surface area contributed by atoms with Crippen LogP contribution in [0.5, 0.6) is 5.75 Å². The maximum Gasteiger partial charge on any atom is 0.340 e. The lowest BCUT2D eigenvalue weighted by Gasteiger charge is -2.06. The Hall–Kier alpha value is -1.29. The summed E-state index contributed by atoms with van der Waals surface area (Å²) in [5.74, 6) is -0.948. The summed E-state index contributed by atoms with van der Waals surface area (Å²) in [4.78, 5) is 10.8. The molecule has 0 aliphatic rings. The molecule has 0 bridgehead atoms. The normalized spacial score (nSPS) is 9.21. The summed E-state index contributed by atoms with van der Waals surface area (Å²) in [6.07, 6.45) is 0. The van der Waals surface area contributed by atoms with Crippen LogP contribution >= 0.6 is 22.6 Å². The minimum absolute atomic E-state index is 0.0876. The van der Waals surface area contributed by atoms with E-state index in [1.807, 2.05) is 28.7 Å². The number of ether oxygens (including phenoxy) is 1. The number of carboxylic acid groups (broad SMARTS) is 1. The number of rotatable bonds is 2. The van der Waals surface area contributed by atoms with Gasteiger partial charge in [-0.2, -0.15) is 5.26 Å². The van der Waals surface area contributed by atoms with Crippen LogP contribution < -0.4 is 4.74 Å². The van der Waals surface area contributed by atoms with E-state index in [0.717, 1.165) is 3.57 Å². The molecule has 0 heterocycles. The fourth-order valence-electron chi connectivity index (χ4n) is 1.05. The Morgan fingerprint density at radius 2 is 2.29 bits per heavy atom. The fourth-order valence-corrected chi connectivity index (χ4v) is 1.65. The molecule has 1 aromatic carbocycles. The molecule has 0 atom stereocenters. The minimum Gasteiger partial charge on any atom is -0.496 e. The first-order valence-electron chi connectivity index (χ1n) is 3.61. The molecule has 0 saturated carbocycles. The van der Waals surface area contributed by atoms with E-state index in [9.17, 15) is 4.79 Å². The number of nitrogens with zero attached hydrogens (tertiary/aromatic N) is 1. The Bertz CT molecular complexity index is 423. The van der Waals surface area contributed by atoms with Crippen molar-refractivity contribution in [2.75, 3.05) is 7.11 Å². The monoisotopic (exact) mass is 303 g/mol. The molecule has 0 fully saturated rings. The molecule has 0 aromatic heterocycles. The van der Waals surface area contributed by atoms with Crippen LogP contribution in [-0.4, -0.2) is 18.2 Å². The highest BCUT2D eigenvalue weighted by Gasteiger charge is 2.17. The first-order valence-corrected chi connectivity index (χ1v) is 4.69. The van der Waals surface area contributed by atoms with Gasteiger partial charge in [0.15, 0.2) is 0 Å². The summed E-state index contributed by atoms with van der Waals surface area (Å²) in [6.45, 7) is 0. The number of methoxy groups -OCH3 is 1. The van der Waals surface area contributed by atoms with Gasteiger partial charge >= 0.3 is 5.97 Å². The van der Waals surface area contributed by atoms with Crippen LogP contribution in [0.3, 0.4) is 0 Å². The van der Waals surface area contributed by atoms with Crippen molar-refractivity contribution < 1.29 is 14.6 Å². The third-order valence-electron chi connectivity index (χ3n) is 1.62. The summed E-state index contributed by atoms with van der Waals surface area (Å²) in [7, 11) is 1.37. The van der Waals surface area contributed by atoms with Crippen LogP contribution in [0.4, 0.5) is 0 Å². The zero-order valence-electron chi connectivity index (χ0n) is 7.24. The van der Waals surface area contributed by atoms with Crippen molar-refractivity contribution in [2.45, 2.75) is 0 Å². The smallest absolute Gasteiger partial charge is 0.340 e. The van der Waals surface area contributed by atoms with Crippen molar-refractivity contribution in [1.82, 2.24) is 0 Å². The van der Waals surface area contributed by atoms with Gasteiger partial charge < -0.3 is 9.84 Å². The molecule has 0 radical (unpaired) electrons. The van der Waals surface area contributed by atoms with E-state index in [-0.39, 0.29) is 16.9 Å². The average molecular weight is 303 g/mol. The third-order valence-corrected chi connectivity index (χ3v) is 2.24. The van der Waals surface area contributed by atoms with Crippen LogP contribution in [0.2, 0.25) is 0 Å². The van der Waals surface area contributed by atoms with Crippen LogP contribution in [0.1, 0.15) is 15.9 Å². The topological polar surface area (TPSA) is 70.3 Å². The van der Waals surface area contributed by atoms with Crippen molar-refractivity contribution in [3.8, 4) is 11.8 Å². The maximum atomic E-state index is 10.8. The molecule has 4 nitrogen and oxygen atoms in total. The second kappa shape index (κ2) is 4.28. The standard InChI is InChI=1S/C9H6INO3/c1-14-7-3-6(10)2-5(4-11)8(7)9(12)13/h2-3H,1H3,(H,12,13). The molecular formula is C9H6INO3. The van der Waals surface area contributed by atoms with E-state index in [4.69, 9.17) is 15.1 Å². The largest absolute Gasteiger partial charge is 0.496 e. The van der Waals surface area contributed by atoms with Gasteiger partial charge in [-0.05, 0) is 34.7 Å². The van der Waals surface area contributed by atoms with Crippen LogP contribution in [0.15, 0.2) is 12.1 Å². The van der Waals surface area contributed by atoms with Crippen molar-refractivity contribution in [3.63, 3.8) is 0 Å². The molecule has 1 N–H and O–H groups in total. The number of hydrogen-bond acceptors (Lipinski definition) is 3. The van der Waals surface area contributed by atoms with E-state index < -0.39 is 5.97 Å². The number of carboxylic acids is 1. The summed E-state index contributed by atoms with van der Waals surface area (Å²) in [5.41, 5.74) is 0.0247. The lowest BCUT2D eigenvalue weighted by Crippen LogP contribution is -2.04. The minimum atomic E-state index is -1.16. The average Bonchev–Trinajstić information content (AvgIpc) is 2.15. The number of benzene rings is 1. The summed E-state index contributed by atoms with van der Waals surface area (Å²) in [6, 6.07) is 4.91. The predicted molar refractivity (Wildman–Crippen MR) is 57.4 cm³/mol. The Morgan fingerprint density at radius 1 is 1.64 bits per heavy atom. The van der Waals surface area contributed by atoms with Crippen LogP contribution in [-0.2, 0) is 0 Å². The van der Waals surface area contributed by atoms with Gasteiger partial charge in [-0.3, -0.25) is 0 Å².